The van der Waals surface area contributed by atoms with Gasteiger partial charge in [-0.1, -0.05) is 33.6 Å². The lowest BCUT2D eigenvalue weighted by Crippen LogP contribution is -2.52. The molecule has 0 aliphatic carbocycles. The largest absolute Gasteiger partial charge is 0.481 e. The summed E-state index contributed by atoms with van der Waals surface area (Å²) in [5, 5.41) is 12.3. The molecule has 2 N–H and O–H groups in total. The van der Waals surface area contributed by atoms with E-state index in [0.717, 1.165) is 19.3 Å². The van der Waals surface area contributed by atoms with Gasteiger partial charge in [-0.15, -0.1) is 0 Å². The van der Waals surface area contributed by atoms with Crippen molar-refractivity contribution in [1.29, 1.82) is 0 Å². The SMILES string of the molecule is CCC1(C(=O)O)CCCN(C(=O)NCCCCC(C)C)C1. The molecule has 0 aromatic rings. The molecule has 1 heterocycles. The summed E-state index contributed by atoms with van der Waals surface area (Å²) >= 11 is 0. The van der Waals surface area contributed by atoms with Crippen molar-refractivity contribution in [1.82, 2.24) is 10.2 Å². The first-order valence-corrected chi connectivity index (χ1v) is 8.17. The Bertz CT molecular complexity index is 357. The van der Waals surface area contributed by atoms with Crippen LogP contribution in [-0.4, -0.2) is 41.6 Å². The van der Waals surface area contributed by atoms with Crippen molar-refractivity contribution in [3.8, 4) is 0 Å². The van der Waals surface area contributed by atoms with Crippen molar-refractivity contribution in [2.24, 2.45) is 11.3 Å². The zero-order valence-electron chi connectivity index (χ0n) is 13.7. The fourth-order valence-corrected chi connectivity index (χ4v) is 2.90. The Morgan fingerprint density at radius 1 is 1.33 bits per heavy atom. The molecule has 1 aliphatic rings. The number of carbonyl (C=O) groups is 2. The van der Waals surface area contributed by atoms with E-state index in [1.807, 2.05) is 6.92 Å². The molecule has 122 valence electrons. The lowest BCUT2D eigenvalue weighted by Gasteiger charge is -2.39. The van der Waals surface area contributed by atoms with E-state index < -0.39 is 11.4 Å². The Labute approximate surface area is 128 Å². The molecule has 2 amide bonds. The molecule has 0 bridgehead atoms. The molecule has 0 aromatic carbocycles. The van der Waals surface area contributed by atoms with E-state index in [2.05, 4.69) is 19.2 Å². The molecule has 1 atom stereocenters. The number of nitrogens with one attached hydrogen (secondary N) is 1. The van der Waals surface area contributed by atoms with Crippen LogP contribution < -0.4 is 5.32 Å². The van der Waals surface area contributed by atoms with E-state index in [0.29, 0.717) is 38.4 Å². The van der Waals surface area contributed by atoms with Crippen LogP contribution in [0.1, 0.15) is 59.3 Å². The van der Waals surface area contributed by atoms with Gasteiger partial charge in [-0.2, -0.15) is 0 Å². The molecule has 5 nitrogen and oxygen atoms in total. The van der Waals surface area contributed by atoms with Gasteiger partial charge in [-0.05, 0) is 31.6 Å². The highest BCUT2D eigenvalue weighted by atomic mass is 16.4. The fraction of sp³-hybridized carbons (Fsp3) is 0.875. The van der Waals surface area contributed by atoms with Crippen LogP contribution in [0.25, 0.3) is 0 Å². The van der Waals surface area contributed by atoms with Gasteiger partial charge in [0.1, 0.15) is 0 Å². The van der Waals surface area contributed by atoms with Crippen LogP contribution in [0.3, 0.4) is 0 Å². The van der Waals surface area contributed by atoms with Crippen LogP contribution in [-0.2, 0) is 4.79 Å². The summed E-state index contributed by atoms with van der Waals surface area (Å²) < 4.78 is 0. The minimum atomic E-state index is -0.778. The van der Waals surface area contributed by atoms with Gasteiger partial charge < -0.3 is 15.3 Å². The van der Waals surface area contributed by atoms with Gasteiger partial charge in [0.15, 0.2) is 0 Å². The Morgan fingerprint density at radius 3 is 2.62 bits per heavy atom. The third-order valence-corrected chi connectivity index (χ3v) is 4.48. The molecule has 0 radical (unpaired) electrons. The maximum absolute atomic E-state index is 12.1. The highest BCUT2D eigenvalue weighted by Crippen LogP contribution is 2.33. The number of amides is 2. The van der Waals surface area contributed by atoms with Crippen molar-refractivity contribution in [3.63, 3.8) is 0 Å². The van der Waals surface area contributed by atoms with Gasteiger partial charge in [-0.25, -0.2) is 4.79 Å². The van der Waals surface area contributed by atoms with Crippen LogP contribution >= 0.6 is 0 Å². The highest BCUT2D eigenvalue weighted by Gasteiger charge is 2.42. The summed E-state index contributed by atoms with van der Waals surface area (Å²) in [5.74, 6) is -0.0806. The number of hydrogen-bond acceptors (Lipinski definition) is 2. The maximum Gasteiger partial charge on any atom is 0.317 e. The molecule has 0 aromatic heterocycles. The lowest BCUT2D eigenvalue weighted by molar-refractivity contribution is -0.152. The first-order chi connectivity index (χ1) is 9.91. The second kappa shape index (κ2) is 8.25. The van der Waals surface area contributed by atoms with Crippen molar-refractivity contribution < 1.29 is 14.7 Å². The van der Waals surface area contributed by atoms with Gasteiger partial charge in [0, 0.05) is 19.6 Å². The molecular formula is C16H30N2O3. The molecule has 1 unspecified atom stereocenters. The Hall–Kier alpha value is -1.26. The molecule has 1 saturated heterocycles. The number of nitrogens with zero attached hydrogens (tertiary/aromatic N) is 1. The molecule has 1 fully saturated rings. The smallest absolute Gasteiger partial charge is 0.317 e. The van der Waals surface area contributed by atoms with Gasteiger partial charge in [0.25, 0.3) is 0 Å². The number of likely N-dealkylation sites (tertiary alicyclic amines) is 1. The molecule has 1 rings (SSSR count). The predicted octanol–water partition coefficient (Wildman–Crippen LogP) is 3.10. The quantitative estimate of drug-likeness (QED) is 0.710. The molecule has 5 heteroatoms. The number of piperidine rings is 1. The molecule has 0 spiro atoms. The standard InChI is InChI=1S/C16H30N2O3/c1-4-16(14(19)20)9-7-11-18(12-16)15(21)17-10-6-5-8-13(2)3/h13H,4-12H2,1-3H3,(H,17,21)(H,19,20). The minimum Gasteiger partial charge on any atom is -0.481 e. The first kappa shape index (κ1) is 17.8. The molecule has 1 aliphatic heterocycles. The summed E-state index contributed by atoms with van der Waals surface area (Å²) in [6, 6.07) is -0.113. The van der Waals surface area contributed by atoms with E-state index in [9.17, 15) is 14.7 Å². The lowest BCUT2D eigenvalue weighted by atomic mass is 9.78. The van der Waals surface area contributed by atoms with E-state index >= 15 is 0 Å². The molecule has 0 saturated carbocycles. The van der Waals surface area contributed by atoms with Gasteiger partial charge in [0.05, 0.1) is 5.41 Å². The van der Waals surface area contributed by atoms with E-state index in [1.165, 1.54) is 6.42 Å². The third kappa shape index (κ3) is 5.21. The monoisotopic (exact) mass is 298 g/mol. The number of urea groups is 1. The van der Waals surface area contributed by atoms with Crippen LogP contribution in [0.4, 0.5) is 4.79 Å². The minimum absolute atomic E-state index is 0.113. The normalized spacial score (nSPS) is 22.4. The molecule has 21 heavy (non-hydrogen) atoms. The number of carboxylic acids is 1. The van der Waals surface area contributed by atoms with Crippen LogP contribution in [0.15, 0.2) is 0 Å². The third-order valence-electron chi connectivity index (χ3n) is 4.48. The zero-order valence-corrected chi connectivity index (χ0v) is 13.7. The highest BCUT2D eigenvalue weighted by molar-refractivity contribution is 5.78. The van der Waals surface area contributed by atoms with Crippen molar-refractivity contribution in [3.05, 3.63) is 0 Å². The summed E-state index contributed by atoms with van der Waals surface area (Å²) in [5.41, 5.74) is -0.757. The number of carbonyl (C=O) groups excluding carboxylic acids is 1. The average Bonchev–Trinajstić information content (AvgIpc) is 2.46. The van der Waals surface area contributed by atoms with E-state index in [1.54, 1.807) is 4.90 Å². The number of carboxylic acid groups (broad SMARTS) is 1. The van der Waals surface area contributed by atoms with E-state index in [4.69, 9.17) is 0 Å². The second-order valence-corrected chi connectivity index (χ2v) is 6.59. The topological polar surface area (TPSA) is 69.6 Å². The number of unbranched alkanes of at least 4 members (excludes halogenated alkanes) is 1. The Balaban J connectivity index is 2.38. The van der Waals surface area contributed by atoms with E-state index in [-0.39, 0.29) is 6.03 Å². The number of rotatable bonds is 7. The maximum atomic E-state index is 12.1. The van der Waals surface area contributed by atoms with Crippen LogP contribution in [0.2, 0.25) is 0 Å². The van der Waals surface area contributed by atoms with Crippen LogP contribution in [0.5, 0.6) is 0 Å². The zero-order chi connectivity index (χ0) is 15.9. The van der Waals surface area contributed by atoms with Crippen LogP contribution in [0, 0.1) is 11.3 Å². The number of hydrogen-bond donors (Lipinski definition) is 2. The summed E-state index contributed by atoms with van der Waals surface area (Å²) in [6.07, 6.45) is 5.28. The van der Waals surface area contributed by atoms with Gasteiger partial charge in [-0.3, -0.25) is 4.79 Å². The average molecular weight is 298 g/mol. The van der Waals surface area contributed by atoms with Crippen molar-refractivity contribution in [2.75, 3.05) is 19.6 Å². The fourth-order valence-electron chi connectivity index (χ4n) is 2.90. The second-order valence-electron chi connectivity index (χ2n) is 6.59. The molecular weight excluding hydrogens is 268 g/mol. The van der Waals surface area contributed by atoms with Gasteiger partial charge >= 0.3 is 12.0 Å². The summed E-state index contributed by atoms with van der Waals surface area (Å²) in [6.45, 7) is 7.95. The predicted molar refractivity (Wildman–Crippen MR) is 83.3 cm³/mol. The van der Waals surface area contributed by atoms with Crippen molar-refractivity contribution in [2.45, 2.75) is 59.3 Å². The van der Waals surface area contributed by atoms with Crippen molar-refractivity contribution >= 4 is 12.0 Å². The van der Waals surface area contributed by atoms with Gasteiger partial charge in [0.2, 0.25) is 0 Å². The number of aliphatic carboxylic acids is 1. The summed E-state index contributed by atoms with van der Waals surface area (Å²) in [4.78, 5) is 25.3. The summed E-state index contributed by atoms with van der Waals surface area (Å²) in [7, 11) is 0. The Kier molecular flexibility index (Phi) is 6.99. The first-order valence-electron chi connectivity index (χ1n) is 8.17. The Morgan fingerprint density at radius 2 is 2.05 bits per heavy atom.